The van der Waals surface area contributed by atoms with Gasteiger partial charge in [0.1, 0.15) is 0 Å². The molecule has 18 heavy (non-hydrogen) atoms. The lowest BCUT2D eigenvalue weighted by atomic mass is 9.95. The molecule has 1 nitrogen and oxygen atoms in total. The molecule has 0 aromatic heterocycles. The Labute approximate surface area is 117 Å². The highest BCUT2D eigenvalue weighted by Crippen LogP contribution is 2.26. The van der Waals surface area contributed by atoms with E-state index in [1.165, 1.54) is 16.7 Å². The van der Waals surface area contributed by atoms with E-state index >= 15 is 0 Å². The van der Waals surface area contributed by atoms with Gasteiger partial charge in [-0.3, -0.25) is 0 Å². The van der Waals surface area contributed by atoms with E-state index < -0.39 is 0 Å². The number of benzene rings is 2. The Kier molecular flexibility index (Phi) is 4.20. The van der Waals surface area contributed by atoms with Gasteiger partial charge in [0.15, 0.2) is 0 Å². The lowest BCUT2D eigenvalue weighted by molar-refractivity contribution is 0.859. The highest BCUT2D eigenvalue weighted by Gasteiger charge is 2.11. The monoisotopic (exact) mass is 303 g/mol. The fourth-order valence-electron chi connectivity index (χ4n) is 2.09. The van der Waals surface area contributed by atoms with Crippen LogP contribution in [0.2, 0.25) is 0 Å². The predicted molar refractivity (Wildman–Crippen MR) is 80.7 cm³/mol. The van der Waals surface area contributed by atoms with Crippen molar-refractivity contribution in [1.82, 2.24) is 0 Å². The fourth-order valence-corrected chi connectivity index (χ4v) is 2.47. The number of hydrogen-bond donors (Lipinski definition) is 1. The average molecular weight is 304 g/mol. The number of rotatable bonds is 3. The molecular formula is C16H18BrN. The molecule has 2 N–H and O–H groups in total. The molecule has 1 unspecified atom stereocenters. The third kappa shape index (κ3) is 2.82. The van der Waals surface area contributed by atoms with Crippen LogP contribution in [0.25, 0.3) is 0 Å². The maximum Gasteiger partial charge on any atom is 0.0554 e. The van der Waals surface area contributed by atoms with Crippen molar-refractivity contribution in [1.29, 1.82) is 0 Å². The van der Waals surface area contributed by atoms with Crippen LogP contribution >= 0.6 is 15.9 Å². The lowest BCUT2D eigenvalue weighted by Crippen LogP contribution is -2.13. The summed E-state index contributed by atoms with van der Waals surface area (Å²) in [6.45, 7) is 4.26. The summed E-state index contributed by atoms with van der Waals surface area (Å²) in [6.07, 6.45) is 1.06. The van der Waals surface area contributed by atoms with E-state index in [1.54, 1.807) is 0 Å². The van der Waals surface area contributed by atoms with Crippen LogP contribution in [0.3, 0.4) is 0 Å². The Hall–Kier alpha value is -1.12. The SMILES string of the molecule is CCc1ccc(C(N)c2cc(Br)ccc2C)cc1. The summed E-state index contributed by atoms with van der Waals surface area (Å²) in [5.74, 6) is 0. The average Bonchev–Trinajstić information content (AvgIpc) is 2.41. The molecule has 0 aliphatic carbocycles. The maximum atomic E-state index is 6.36. The molecule has 0 amide bonds. The second-order valence-electron chi connectivity index (χ2n) is 4.57. The minimum atomic E-state index is -0.0617. The van der Waals surface area contributed by atoms with E-state index in [2.05, 4.69) is 66.2 Å². The molecule has 2 rings (SSSR count). The second kappa shape index (κ2) is 5.68. The summed E-state index contributed by atoms with van der Waals surface area (Å²) >= 11 is 3.50. The number of halogens is 1. The number of aryl methyl sites for hydroxylation is 2. The van der Waals surface area contributed by atoms with Crippen LogP contribution in [0, 0.1) is 6.92 Å². The third-order valence-corrected chi connectivity index (χ3v) is 3.82. The maximum absolute atomic E-state index is 6.36. The van der Waals surface area contributed by atoms with Crippen LogP contribution in [-0.2, 0) is 6.42 Å². The van der Waals surface area contributed by atoms with Crippen molar-refractivity contribution in [3.05, 3.63) is 69.2 Å². The molecule has 1 atom stereocenters. The molecule has 0 bridgehead atoms. The van der Waals surface area contributed by atoms with Crippen molar-refractivity contribution in [2.24, 2.45) is 5.73 Å². The van der Waals surface area contributed by atoms with E-state index in [0.717, 1.165) is 16.5 Å². The van der Waals surface area contributed by atoms with Gasteiger partial charge in [0, 0.05) is 4.47 Å². The van der Waals surface area contributed by atoms with Gasteiger partial charge in [-0.2, -0.15) is 0 Å². The Morgan fingerprint density at radius 3 is 2.39 bits per heavy atom. The summed E-state index contributed by atoms with van der Waals surface area (Å²) in [4.78, 5) is 0. The quantitative estimate of drug-likeness (QED) is 0.895. The first-order chi connectivity index (χ1) is 8.61. The Morgan fingerprint density at radius 1 is 1.11 bits per heavy atom. The van der Waals surface area contributed by atoms with Crippen LogP contribution in [-0.4, -0.2) is 0 Å². The molecule has 0 radical (unpaired) electrons. The first-order valence-electron chi connectivity index (χ1n) is 6.22. The van der Waals surface area contributed by atoms with E-state index in [-0.39, 0.29) is 6.04 Å². The Morgan fingerprint density at radius 2 is 1.78 bits per heavy atom. The molecule has 94 valence electrons. The summed E-state index contributed by atoms with van der Waals surface area (Å²) in [7, 11) is 0. The van der Waals surface area contributed by atoms with E-state index in [9.17, 15) is 0 Å². The number of hydrogen-bond acceptors (Lipinski definition) is 1. The lowest BCUT2D eigenvalue weighted by Gasteiger charge is -2.16. The molecule has 0 aliphatic rings. The first-order valence-corrected chi connectivity index (χ1v) is 7.01. The molecule has 0 fully saturated rings. The van der Waals surface area contributed by atoms with Crippen LogP contribution < -0.4 is 5.73 Å². The molecular weight excluding hydrogens is 286 g/mol. The largest absolute Gasteiger partial charge is 0.320 e. The third-order valence-electron chi connectivity index (χ3n) is 3.32. The zero-order valence-corrected chi connectivity index (χ0v) is 12.4. The van der Waals surface area contributed by atoms with Crippen molar-refractivity contribution < 1.29 is 0 Å². The molecule has 0 spiro atoms. The van der Waals surface area contributed by atoms with Crippen LogP contribution in [0.1, 0.15) is 35.2 Å². The van der Waals surface area contributed by atoms with Gasteiger partial charge in [-0.05, 0) is 47.7 Å². The highest BCUT2D eigenvalue weighted by atomic mass is 79.9. The minimum Gasteiger partial charge on any atom is -0.320 e. The van der Waals surface area contributed by atoms with Crippen molar-refractivity contribution >= 4 is 15.9 Å². The van der Waals surface area contributed by atoms with Crippen LogP contribution in [0.15, 0.2) is 46.9 Å². The first kappa shape index (κ1) is 13.3. The minimum absolute atomic E-state index is 0.0617. The van der Waals surface area contributed by atoms with Crippen molar-refractivity contribution in [3.63, 3.8) is 0 Å². The normalized spacial score (nSPS) is 12.4. The van der Waals surface area contributed by atoms with Gasteiger partial charge >= 0.3 is 0 Å². The molecule has 0 heterocycles. The van der Waals surface area contributed by atoms with E-state index in [0.29, 0.717) is 0 Å². The van der Waals surface area contributed by atoms with E-state index in [1.807, 2.05) is 6.07 Å². The fraction of sp³-hybridized carbons (Fsp3) is 0.250. The Bertz CT molecular complexity index is 531. The predicted octanol–water partition coefficient (Wildman–Crippen LogP) is 4.37. The van der Waals surface area contributed by atoms with Crippen molar-refractivity contribution in [2.45, 2.75) is 26.3 Å². The highest BCUT2D eigenvalue weighted by molar-refractivity contribution is 9.10. The summed E-state index contributed by atoms with van der Waals surface area (Å²) in [5.41, 5.74) is 11.3. The van der Waals surface area contributed by atoms with Gasteiger partial charge < -0.3 is 5.73 Å². The smallest absolute Gasteiger partial charge is 0.0554 e. The van der Waals surface area contributed by atoms with Gasteiger partial charge in [-0.25, -0.2) is 0 Å². The summed E-state index contributed by atoms with van der Waals surface area (Å²) in [6, 6.07) is 14.8. The van der Waals surface area contributed by atoms with Crippen LogP contribution in [0.4, 0.5) is 0 Å². The number of nitrogens with two attached hydrogens (primary N) is 1. The molecule has 0 saturated carbocycles. The molecule has 0 saturated heterocycles. The van der Waals surface area contributed by atoms with Crippen molar-refractivity contribution in [2.75, 3.05) is 0 Å². The van der Waals surface area contributed by atoms with Gasteiger partial charge in [0.25, 0.3) is 0 Å². The zero-order chi connectivity index (χ0) is 13.1. The zero-order valence-electron chi connectivity index (χ0n) is 10.8. The van der Waals surface area contributed by atoms with Gasteiger partial charge in [-0.1, -0.05) is 53.2 Å². The molecule has 2 aromatic carbocycles. The molecule has 0 aliphatic heterocycles. The van der Waals surface area contributed by atoms with E-state index in [4.69, 9.17) is 5.73 Å². The van der Waals surface area contributed by atoms with Gasteiger partial charge in [0.2, 0.25) is 0 Å². The van der Waals surface area contributed by atoms with Gasteiger partial charge in [0.05, 0.1) is 6.04 Å². The van der Waals surface area contributed by atoms with Gasteiger partial charge in [-0.15, -0.1) is 0 Å². The van der Waals surface area contributed by atoms with Crippen molar-refractivity contribution in [3.8, 4) is 0 Å². The summed E-state index contributed by atoms with van der Waals surface area (Å²) in [5, 5.41) is 0. The molecule has 2 heteroatoms. The van der Waals surface area contributed by atoms with Crippen LogP contribution in [0.5, 0.6) is 0 Å². The molecule has 2 aromatic rings. The standard InChI is InChI=1S/C16H18BrN/c1-3-12-5-7-13(8-6-12)16(18)15-10-14(17)9-4-11(15)2/h4-10,16H,3,18H2,1-2H3. The second-order valence-corrected chi connectivity index (χ2v) is 5.49. The topological polar surface area (TPSA) is 26.0 Å². The summed E-state index contributed by atoms with van der Waals surface area (Å²) < 4.78 is 1.07. The Balaban J connectivity index is 2.34.